The van der Waals surface area contributed by atoms with E-state index in [4.69, 9.17) is 5.26 Å². The molecule has 1 aliphatic heterocycles. The van der Waals surface area contributed by atoms with Crippen molar-refractivity contribution in [2.75, 3.05) is 31.5 Å². The summed E-state index contributed by atoms with van der Waals surface area (Å²) >= 11 is 0. The fraction of sp³-hybridized carbons (Fsp3) is 0.440. The number of pyridine rings is 1. The smallest absolute Gasteiger partial charge is 0.209 e. The van der Waals surface area contributed by atoms with Crippen LogP contribution in [0.15, 0.2) is 47.5 Å². The van der Waals surface area contributed by atoms with Crippen molar-refractivity contribution in [3.05, 3.63) is 59.4 Å². The average Bonchev–Trinajstić information content (AvgIpc) is 2.79. The van der Waals surface area contributed by atoms with Gasteiger partial charge in [-0.1, -0.05) is 6.07 Å². The fourth-order valence-electron chi connectivity index (χ4n) is 3.96. The lowest BCUT2D eigenvalue weighted by atomic mass is 9.93. The van der Waals surface area contributed by atoms with Gasteiger partial charge in [0.2, 0.25) is 5.96 Å². The van der Waals surface area contributed by atoms with Crippen molar-refractivity contribution < 1.29 is 4.79 Å². The van der Waals surface area contributed by atoms with Gasteiger partial charge in [0, 0.05) is 42.1 Å². The Kier molecular flexibility index (Phi) is 8.76. The van der Waals surface area contributed by atoms with Crippen molar-refractivity contribution in [2.45, 2.75) is 39.5 Å². The molecule has 0 spiro atoms. The summed E-state index contributed by atoms with van der Waals surface area (Å²) in [6, 6.07) is 13.4. The van der Waals surface area contributed by atoms with Crippen molar-refractivity contribution in [3.8, 4) is 6.19 Å². The Balaban J connectivity index is 1.41. The van der Waals surface area contributed by atoms with Crippen LogP contribution in [0.5, 0.6) is 0 Å². The number of Topliss-reactive ketones (excluding diaryl/α,β-unsaturated/α-hetero) is 1. The number of guanidine groups is 1. The standard InChI is InChI=1S/C25H32N6O/c1-19-4-3-5-23(29-19)13-17-31-15-11-21(12-16-31)10-14-27-25(28-18-26)30-24-8-6-22(7-9-24)20(2)32/h3-9,21H,10-17H2,1-2H3,(H2,27,28,30). The Morgan fingerprint density at radius 2 is 1.97 bits per heavy atom. The third-order valence-corrected chi connectivity index (χ3v) is 5.87. The summed E-state index contributed by atoms with van der Waals surface area (Å²) in [6.07, 6.45) is 6.30. The third-order valence-electron chi connectivity index (χ3n) is 5.87. The number of carbonyl (C=O) groups is 1. The van der Waals surface area contributed by atoms with E-state index in [-0.39, 0.29) is 5.78 Å². The number of nitriles is 1. The predicted octanol–water partition coefficient (Wildman–Crippen LogP) is 3.78. The van der Waals surface area contributed by atoms with Gasteiger partial charge in [-0.15, -0.1) is 0 Å². The molecular formula is C25H32N6O. The molecule has 1 aliphatic rings. The zero-order valence-corrected chi connectivity index (χ0v) is 19.0. The minimum absolute atomic E-state index is 0.0264. The number of aromatic nitrogens is 1. The fourth-order valence-corrected chi connectivity index (χ4v) is 3.96. The minimum atomic E-state index is 0.0264. The van der Waals surface area contributed by atoms with Crippen molar-refractivity contribution in [1.29, 1.82) is 5.26 Å². The number of ketones is 1. The summed E-state index contributed by atoms with van der Waals surface area (Å²) in [5, 5.41) is 14.8. The predicted molar refractivity (Wildman–Crippen MR) is 128 cm³/mol. The van der Waals surface area contributed by atoms with Crippen LogP contribution in [-0.4, -0.2) is 47.8 Å². The number of nitrogens with one attached hydrogen (secondary N) is 2. The summed E-state index contributed by atoms with van der Waals surface area (Å²) in [5.41, 5.74) is 3.69. The minimum Gasteiger partial charge on any atom is -0.326 e. The van der Waals surface area contributed by atoms with E-state index in [2.05, 4.69) is 37.6 Å². The third kappa shape index (κ3) is 7.47. The molecule has 3 rings (SSSR count). The van der Waals surface area contributed by atoms with Gasteiger partial charge in [-0.2, -0.15) is 5.26 Å². The highest BCUT2D eigenvalue weighted by molar-refractivity contribution is 5.96. The molecule has 7 nitrogen and oxygen atoms in total. The van der Waals surface area contributed by atoms with E-state index < -0.39 is 0 Å². The van der Waals surface area contributed by atoms with Crippen molar-refractivity contribution >= 4 is 17.4 Å². The molecule has 0 amide bonds. The Labute approximate surface area is 190 Å². The molecule has 0 radical (unpaired) electrons. The van der Waals surface area contributed by atoms with Crippen LogP contribution in [0.4, 0.5) is 5.69 Å². The maximum atomic E-state index is 11.4. The number of rotatable bonds is 8. The van der Waals surface area contributed by atoms with E-state index in [1.165, 1.54) is 18.5 Å². The molecule has 1 saturated heterocycles. The number of hydrogen-bond donors (Lipinski definition) is 2. The van der Waals surface area contributed by atoms with Crippen LogP contribution in [0.3, 0.4) is 0 Å². The van der Waals surface area contributed by atoms with E-state index in [0.29, 0.717) is 24.0 Å². The second kappa shape index (κ2) is 12.0. The lowest BCUT2D eigenvalue weighted by Gasteiger charge is -2.31. The van der Waals surface area contributed by atoms with Crippen LogP contribution in [0, 0.1) is 24.3 Å². The quantitative estimate of drug-likeness (QED) is 0.217. The van der Waals surface area contributed by atoms with Gasteiger partial charge in [-0.05, 0) is 88.5 Å². The van der Waals surface area contributed by atoms with Crippen LogP contribution >= 0.6 is 0 Å². The molecule has 1 aromatic heterocycles. The normalized spacial score (nSPS) is 15.2. The number of aryl methyl sites for hydroxylation is 1. The summed E-state index contributed by atoms with van der Waals surface area (Å²) in [6.45, 7) is 7.53. The lowest BCUT2D eigenvalue weighted by molar-refractivity contribution is 0.101. The highest BCUT2D eigenvalue weighted by Crippen LogP contribution is 2.20. The molecule has 2 heterocycles. The molecule has 32 heavy (non-hydrogen) atoms. The number of benzene rings is 1. The van der Waals surface area contributed by atoms with Crippen molar-refractivity contribution in [2.24, 2.45) is 10.9 Å². The van der Waals surface area contributed by atoms with Crippen LogP contribution < -0.4 is 10.6 Å². The van der Waals surface area contributed by atoms with Gasteiger partial charge in [0.1, 0.15) is 0 Å². The zero-order valence-electron chi connectivity index (χ0n) is 19.0. The second-order valence-corrected chi connectivity index (χ2v) is 8.32. The summed E-state index contributed by atoms with van der Waals surface area (Å²) in [5.74, 6) is 1.12. The zero-order chi connectivity index (χ0) is 22.8. The molecule has 168 valence electrons. The molecule has 0 aliphatic carbocycles. The molecule has 0 saturated carbocycles. The number of hydrogen-bond acceptors (Lipinski definition) is 5. The average molecular weight is 433 g/mol. The van der Waals surface area contributed by atoms with E-state index in [1.807, 2.05) is 31.3 Å². The van der Waals surface area contributed by atoms with Crippen LogP contribution in [-0.2, 0) is 6.42 Å². The van der Waals surface area contributed by atoms with Crippen LogP contribution in [0.2, 0.25) is 0 Å². The first-order chi connectivity index (χ1) is 15.5. The summed E-state index contributed by atoms with van der Waals surface area (Å²) in [7, 11) is 0. The Morgan fingerprint density at radius 3 is 2.62 bits per heavy atom. The van der Waals surface area contributed by atoms with Gasteiger partial charge in [-0.25, -0.2) is 0 Å². The largest absolute Gasteiger partial charge is 0.326 e. The maximum Gasteiger partial charge on any atom is 0.209 e. The highest BCUT2D eigenvalue weighted by Gasteiger charge is 2.18. The summed E-state index contributed by atoms with van der Waals surface area (Å²) < 4.78 is 0. The molecule has 2 N–H and O–H groups in total. The van der Waals surface area contributed by atoms with Gasteiger partial charge < -0.3 is 10.2 Å². The second-order valence-electron chi connectivity index (χ2n) is 8.32. The van der Waals surface area contributed by atoms with E-state index in [9.17, 15) is 4.79 Å². The molecule has 1 aromatic carbocycles. The SMILES string of the molecule is CC(=O)c1ccc(NC(=NCCC2CCN(CCc3cccc(C)n3)CC2)NC#N)cc1. The highest BCUT2D eigenvalue weighted by atomic mass is 16.1. The Hall–Kier alpha value is -3.24. The van der Waals surface area contributed by atoms with Gasteiger partial charge in [0.25, 0.3) is 0 Å². The number of aliphatic imine (C=N–C) groups is 1. The molecule has 2 aromatic rings. The van der Waals surface area contributed by atoms with Crippen LogP contribution in [0.25, 0.3) is 0 Å². The van der Waals surface area contributed by atoms with Gasteiger partial charge in [0.05, 0.1) is 0 Å². The Bertz CT molecular complexity index is 955. The van der Waals surface area contributed by atoms with Gasteiger partial charge in [0.15, 0.2) is 12.0 Å². The van der Waals surface area contributed by atoms with Crippen molar-refractivity contribution in [1.82, 2.24) is 15.2 Å². The first-order valence-electron chi connectivity index (χ1n) is 11.3. The number of nitrogens with zero attached hydrogens (tertiary/aromatic N) is 4. The topological polar surface area (TPSA) is 93.4 Å². The molecule has 1 fully saturated rings. The van der Waals surface area contributed by atoms with E-state index in [1.54, 1.807) is 19.1 Å². The molecule has 0 atom stereocenters. The number of piperidine rings is 1. The van der Waals surface area contributed by atoms with Gasteiger partial charge >= 0.3 is 0 Å². The van der Waals surface area contributed by atoms with E-state index >= 15 is 0 Å². The molecular weight excluding hydrogens is 400 g/mol. The van der Waals surface area contributed by atoms with E-state index in [0.717, 1.165) is 43.9 Å². The molecule has 7 heteroatoms. The first kappa shape index (κ1) is 23.4. The monoisotopic (exact) mass is 432 g/mol. The first-order valence-corrected chi connectivity index (χ1v) is 11.3. The number of likely N-dealkylation sites (tertiary alicyclic amines) is 1. The van der Waals surface area contributed by atoms with Crippen LogP contribution in [0.1, 0.15) is 47.9 Å². The number of anilines is 1. The summed E-state index contributed by atoms with van der Waals surface area (Å²) in [4.78, 5) is 23.1. The van der Waals surface area contributed by atoms with Crippen molar-refractivity contribution in [3.63, 3.8) is 0 Å². The maximum absolute atomic E-state index is 11.4. The Morgan fingerprint density at radius 1 is 1.22 bits per heavy atom. The molecule has 0 bridgehead atoms. The number of carbonyl (C=O) groups excluding carboxylic acids is 1. The van der Waals surface area contributed by atoms with Gasteiger partial charge in [-0.3, -0.25) is 20.1 Å². The molecule has 0 unspecified atom stereocenters. The lowest BCUT2D eigenvalue weighted by Crippen LogP contribution is -2.35.